The first-order valence-corrected chi connectivity index (χ1v) is 5.87. The number of hydrogen-bond acceptors (Lipinski definition) is 4. The molecule has 0 aromatic heterocycles. The molecule has 1 aromatic carbocycles. The predicted octanol–water partition coefficient (Wildman–Crippen LogP) is 1.62. The summed E-state index contributed by atoms with van der Waals surface area (Å²) in [7, 11) is 0. The van der Waals surface area contributed by atoms with E-state index in [0.717, 1.165) is 5.56 Å². The van der Waals surface area contributed by atoms with Gasteiger partial charge in [-0.25, -0.2) is 4.79 Å². The molecular formula is C13H15NO4. The molecule has 1 aliphatic rings. The molecule has 0 bridgehead atoms. The Balaban J connectivity index is 1.71. The van der Waals surface area contributed by atoms with Crippen LogP contribution in [0.15, 0.2) is 30.3 Å². The van der Waals surface area contributed by atoms with E-state index in [1.54, 1.807) is 0 Å². The van der Waals surface area contributed by atoms with Crippen LogP contribution in [0.1, 0.15) is 18.4 Å². The zero-order valence-electron chi connectivity index (χ0n) is 9.93. The largest absolute Gasteiger partial charge is 0.463 e. The van der Waals surface area contributed by atoms with Gasteiger partial charge in [0.2, 0.25) is 0 Å². The Kier molecular flexibility index (Phi) is 4.17. The lowest BCUT2D eigenvalue weighted by Crippen LogP contribution is -2.41. The van der Waals surface area contributed by atoms with Crippen LogP contribution in [0.25, 0.3) is 0 Å². The molecular weight excluding hydrogens is 234 g/mol. The highest BCUT2D eigenvalue weighted by Gasteiger charge is 2.21. The summed E-state index contributed by atoms with van der Waals surface area (Å²) in [6.45, 7) is 0.457. The molecule has 1 unspecified atom stereocenters. The van der Waals surface area contributed by atoms with E-state index in [-0.39, 0.29) is 25.2 Å². The van der Waals surface area contributed by atoms with Gasteiger partial charge in [0, 0.05) is 6.42 Å². The van der Waals surface area contributed by atoms with Crippen molar-refractivity contribution in [2.24, 2.45) is 0 Å². The van der Waals surface area contributed by atoms with Crippen LogP contribution >= 0.6 is 0 Å². The standard InChI is InChI=1S/C13H15NO4/c15-12-7-6-11(9-17-12)14-13(16)18-8-10-4-2-1-3-5-10/h1-5,11H,6-9H2,(H,14,16). The van der Waals surface area contributed by atoms with Gasteiger partial charge in [-0.05, 0) is 12.0 Å². The van der Waals surface area contributed by atoms with Gasteiger partial charge in [-0.1, -0.05) is 30.3 Å². The molecule has 18 heavy (non-hydrogen) atoms. The van der Waals surface area contributed by atoms with Gasteiger partial charge in [0.05, 0.1) is 6.04 Å². The van der Waals surface area contributed by atoms with Gasteiger partial charge in [0.15, 0.2) is 0 Å². The normalized spacial score (nSPS) is 18.9. The highest BCUT2D eigenvalue weighted by molar-refractivity contribution is 5.71. The first kappa shape index (κ1) is 12.4. The Hall–Kier alpha value is -2.04. The van der Waals surface area contributed by atoms with Crippen molar-refractivity contribution in [3.05, 3.63) is 35.9 Å². The van der Waals surface area contributed by atoms with Gasteiger partial charge < -0.3 is 14.8 Å². The average molecular weight is 249 g/mol. The van der Waals surface area contributed by atoms with Crippen molar-refractivity contribution in [2.45, 2.75) is 25.5 Å². The van der Waals surface area contributed by atoms with E-state index in [1.807, 2.05) is 30.3 Å². The van der Waals surface area contributed by atoms with E-state index in [9.17, 15) is 9.59 Å². The summed E-state index contributed by atoms with van der Waals surface area (Å²) < 4.78 is 9.91. The minimum absolute atomic E-state index is 0.147. The first-order valence-electron chi connectivity index (χ1n) is 5.87. The van der Waals surface area contributed by atoms with Crippen molar-refractivity contribution in [3.8, 4) is 0 Å². The number of carbonyl (C=O) groups is 2. The summed E-state index contributed by atoms with van der Waals surface area (Å²) >= 11 is 0. The maximum Gasteiger partial charge on any atom is 0.407 e. The topological polar surface area (TPSA) is 64.6 Å². The molecule has 1 aliphatic heterocycles. The molecule has 1 amide bonds. The summed E-state index contributed by atoms with van der Waals surface area (Å²) in [6, 6.07) is 9.30. The van der Waals surface area contributed by atoms with Crippen molar-refractivity contribution in [1.82, 2.24) is 5.32 Å². The zero-order valence-corrected chi connectivity index (χ0v) is 9.93. The molecule has 2 rings (SSSR count). The van der Waals surface area contributed by atoms with E-state index in [2.05, 4.69) is 5.32 Å². The summed E-state index contributed by atoms with van der Waals surface area (Å²) in [5, 5.41) is 2.67. The van der Waals surface area contributed by atoms with Gasteiger partial charge in [-0.2, -0.15) is 0 Å². The van der Waals surface area contributed by atoms with Crippen LogP contribution in [0.3, 0.4) is 0 Å². The molecule has 5 heteroatoms. The third-order valence-corrected chi connectivity index (χ3v) is 2.68. The minimum atomic E-state index is -0.484. The third-order valence-electron chi connectivity index (χ3n) is 2.68. The lowest BCUT2D eigenvalue weighted by atomic mass is 10.1. The molecule has 0 radical (unpaired) electrons. The fraction of sp³-hybridized carbons (Fsp3) is 0.385. The Morgan fingerprint density at radius 2 is 2.17 bits per heavy atom. The fourth-order valence-electron chi connectivity index (χ4n) is 1.69. The van der Waals surface area contributed by atoms with Gasteiger partial charge in [0.1, 0.15) is 13.2 Å². The van der Waals surface area contributed by atoms with Crippen molar-refractivity contribution < 1.29 is 19.1 Å². The van der Waals surface area contributed by atoms with Gasteiger partial charge >= 0.3 is 12.1 Å². The summed E-state index contributed by atoms with van der Waals surface area (Å²) in [4.78, 5) is 22.3. The number of rotatable bonds is 3. The zero-order chi connectivity index (χ0) is 12.8. The number of cyclic esters (lactones) is 1. The summed E-state index contributed by atoms with van der Waals surface area (Å²) in [5.41, 5.74) is 0.933. The van der Waals surface area contributed by atoms with Gasteiger partial charge in [-0.15, -0.1) is 0 Å². The molecule has 1 atom stereocenters. The van der Waals surface area contributed by atoms with Crippen LogP contribution < -0.4 is 5.32 Å². The lowest BCUT2D eigenvalue weighted by molar-refractivity contribution is -0.148. The molecule has 5 nitrogen and oxygen atoms in total. The van der Waals surface area contributed by atoms with Crippen LogP contribution in [-0.2, 0) is 20.9 Å². The van der Waals surface area contributed by atoms with Crippen LogP contribution in [-0.4, -0.2) is 24.7 Å². The van der Waals surface area contributed by atoms with Crippen LogP contribution in [0, 0.1) is 0 Å². The van der Waals surface area contributed by atoms with Crippen LogP contribution in [0.4, 0.5) is 4.79 Å². The number of hydrogen-bond donors (Lipinski definition) is 1. The smallest absolute Gasteiger partial charge is 0.407 e. The molecule has 1 N–H and O–H groups in total. The Morgan fingerprint density at radius 3 is 2.83 bits per heavy atom. The number of alkyl carbamates (subject to hydrolysis) is 1. The molecule has 0 spiro atoms. The second-order valence-corrected chi connectivity index (χ2v) is 4.12. The fourth-order valence-corrected chi connectivity index (χ4v) is 1.69. The Bertz CT molecular complexity index is 408. The highest BCUT2D eigenvalue weighted by atomic mass is 16.6. The molecule has 1 fully saturated rings. The second kappa shape index (κ2) is 6.05. The average Bonchev–Trinajstić information content (AvgIpc) is 2.40. The second-order valence-electron chi connectivity index (χ2n) is 4.12. The number of esters is 1. The van der Waals surface area contributed by atoms with Crippen molar-refractivity contribution in [2.75, 3.05) is 6.61 Å². The molecule has 0 aliphatic carbocycles. The maximum absolute atomic E-state index is 11.5. The minimum Gasteiger partial charge on any atom is -0.463 e. The van der Waals surface area contributed by atoms with Gasteiger partial charge in [-0.3, -0.25) is 4.79 Å². The molecule has 1 heterocycles. The third kappa shape index (κ3) is 3.76. The van der Waals surface area contributed by atoms with Gasteiger partial charge in [0.25, 0.3) is 0 Å². The SMILES string of the molecule is O=C1CCC(NC(=O)OCc2ccccc2)CO1. The van der Waals surface area contributed by atoms with Crippen LogP contribution in [0.2, 0.25) is 0 Å². The van der Waals surface area contributed by atoms with Crippen molar-refractivity contribution in [1.29, 1.82) is 0 Å². The van der Waals surface area contributed by atoms with E-state index >= 15 is 0 Å². The molecule has 0 saturated carbocycles. The highest BCUT2D eigenvalue weighted by Crippen LogP contribution is 2.08. The summed E-state index contributed by atoms with van der Waals surface area (Å²) in [5.74, 6) is -0.217. The molecule has 1 aromatic rings. The quantitative estimate of drug-likeness (QED) is 0.827. The van der Waals surface area contributed by atoms with Crippen molar-refractivity contribution >= 4 is 12.1 Å². The van der Waals surface area contributed by atoms with E-state index in [4.69, 9.17) is 9.47 Å². The maximum atomic E-state index is 11.5. The number of ether oxygens (including phenoxy) is 2. The van der Waals surface area contributed by atoms with E-state index in [0.29, 0.717) is 12.8 Å². The monoisotopic (exact) mass is 249 g/mol. The number of carbonyl (C=O) groups excluding carboxylic acids is 2. The number of nitrogens with one attached hydrogen (secondary N) is 1. The van der Waals surface area contributed by atoms with Crippen LogP contribution in [0.5, 0.6) is 0 Å². The summed E-state index contributed by atoms with van der Waals surface area (Å²) in [6.07, 6.45) is 0.449. The molecule has 1 saturated heterocycles. The van der Waals surface area contributed by atoms with E-state index in [1.165, 1.54) is 0 Å². The Labute approximate surface area is 105 Å². The number of benzene rings is 1. The van der Waals surface area contributed by atoms with Crippen molar-refractivity contribution in [3.63, 3.8) is 0 Å². The first-order chi connectivity index (χ1) is 8.74. The van der Waals surface area contributed by atoms with E-state index < -0.39 is 6.09 Å². The predicted molar refractivity (Wildman–Crippen MR) is 63.7 cm³/mol. The number of amides is 1. The Morgan fingerprint density at radius 1 is 1.39 bits per heavy atom. The lowest BCUT2D eigenvalue weighted by Gasteiger charge is -2.22. The molecule has 96 valence electrons.